The largest absolute Gasteiger partial charge is 0.356 e. The van der Waals surface area contributed by atoms with Gasteiger partial charge in [-0.2, -0.15) is 0 Å². The molecule has 3 N–H and O–H groups in total. The Morgan fingerprint density at radius 2 is 2.29 bits per heavy atom. The van der Waals surface area contributed by atoms with E-state index >= 15 is 0 Å². The van der Waals surface area contributed by atoms with Gasteiger partial charge < -0.3 is 11.1 Å². The number of hydrogen-bond acceptors (Lipinski definition) is 3. The maximum absolute atomic E-state index is 11.4. The average Bonchev–Trinajstić information content (AvgIpc) is 2.61. The van der Waals surface area contributed by atoms with Crippen LogP contribution in [0.1, 0.15) is 24.6 Å². The zero-order valence-electron chi connectivity index (χ0n) is 9.74. The Balaban J connectivity index is 0.00000256. The van der Waals surface area contributed by atoms with Crippen molar-refractivity contribution in [2.24, 2.45) is 5.73 Å². The van der Waals surface area contributed by atoms with Crippen LogP contribution in [0.5, 0.6) is 0 Å². The van der Waals surface area contributed by atoms with Crippen molar-refractivity contribution in [3.05, 3.63) is 21.3 Å². The topological polar surface area (TPSA) is 55.1 Å². The van der Waals surface area contributed by atoms with Gasteiger partial charge in [0, 0.05) is 23.9 Å². The van der Waals surface area contributed by atoms with Gasteiger partial charge in [0.15, 0.2) is 0 Å². The second-order valence-electron chi connectivity index (χ2n) is 3.82. The molecule has 0 fully saturated rings. The molecule has 0 aliphatic carbocycles. The van der Waals surface area contributed by atoms with Gasteiger partial charge in [0.2, 0.25) is 5.91 Å². The van der Waals surface area contributed by atoms with E-state index in [0.29, 0.717) is 13.0 Å². The van der Waals surface area contributed by atoms with Gasteiger partial charge in [-0.1, -0.05) is 11.6 Å². The number of hydrogen-bond donors (Lipinski definition) is 2. The maximum Gasteiger partial charge on any atom is 0.220 e. The number of amides is 1. The normalized spacial score (nSPS) is 11.7. The molecule has 0 bridgehead atoms. The second kappa shape index (κ2) is 8.75. The van der Waals surface area contributed by atoms with E-state index in [9.17, 15) is 4.79 Å². The van der Waals surface area contributed by atoms with Crippen LogP contribution >= 0.6 is 35.3 Å². The summed E-state index contributed by atoms with van der Waals surface area (Å²) < 4.78 is 0.790. The molecule has 3 nitrogen and oxygen atoms in total. The minimum Gasteiger partial charge on any atom is -0.356 e. The van der Waals surface area contributed by atoms with E-state index in [2.05, 4.69) is 5.32 Å². The van der Waals surface area contributed by atoms with Gasteiger partial charge in [0.05, 0.1) is 4.34 Å². The molecular weight excluding hydrogens is 279 g/mol. The van der Waals surface area contributed by atoms with Gasteiger partial charge in [0.1, 0.15) is 0 Å². The molecule has 1 aromatic heterocycles. The number of nitrogens with one attached hydrogen (secondary N) is 1. The Kier molecular flexibility index (Phi) is 8.60. The Morgan fingerprint density at radius 1 is 1.59 bits per heavy atom. The molecule has 1 atom stereocenters. The highest BCUT2D eigenvalue weighted by Crippen LogP contribution is 2.21. The molecule has 0 radical (unpaired) electrons. The summed E-state index contributed by atoms with van der Waals surface area (Å²) in [7, 11) is 0. The van der Waals surface area contributed by atoms with E-state index in [1.165, 1.54) is 4.88 Å². The number of carbonyl (C=O) groups excluding carboxylic acids is 1. The van der Waals surface area contributed by atoms with Gasteiger partial charge in [-0.15, -0.1) is 23.7 Å². The van der Waals surface area contributed by atoms with Crippen LogP contribution in [0.25, 0.3) is 0 Å². The highest BCUT2D eigenvalue weighted by molar-refractivity contribution is 7.16. The molecule has 6 heteroatoms. The molecule has 1 rings (SSSR count). The van der Waals surface area contributed by atoms with Crippen LogP contribution in [0.2, 0.25) is 4.34 Å². The molecule has 98 valence electrons. The summed E-state index contributed by atoms with van der Waals surface area (Å²) in [5.74, 6) is 0.0694. The molecule has 0 aliphatic heterocycles. The summed E-state index contributed by atoms with van der Waals surface area (Å²) in [6.45, 7) is 2.57. The molecule has 0 spiro atoms. The quantitative estimate of drug-likeness (QED) is 0.848. The van der Waals surface area contributed by atoms with Crippen LogP contribution in [-0.2, 0) is 11.2 Å². The number of carbonyl (C=O) groups is 1. The second-order valence-corrected chi connectivity index (χ2v) is 5.62. The van der Waals surface area contributed by atoms with Crippen molar-refractivity contribution in [2.75, 3.05) is 6.54 Å². The minimum absolute atomic E-state index is 0. The molecule has 0 saturated carbocycles. The Hall–Kier alpha value is -0.290. The lowest BCUT2D eigenvalue weighted by Gasteiger charge is -2.05. The van der Waals surface area contributed by atoms with Crippen molar-refractivity contribution >= 4 is 41.3 Å². The Morgan fingerprint density at radius 3 is 2.82 bits per heavy atom. The van der Waals surface area contributed by atoms with Crippen LogP contribution in [0, 0.1) is 0 Å². The van der Waals surface area contributed by atoms with Gasteiger partial charge in [-0.05, 0) is 31.9 Å². The van der Waals surface area contributed by atoms with E-state index < -0.39 is 0 Å². The third-order valence-corrected chi connectivity index (χ3v) is 3.44. The van der Waals surface area contributed by atoms with Crippen LogP contribution in [0.4, 0.5) is 0 Å². The van der Waals surface area contributed by atoms with E-state index in [1.807, 2.05) is 19.1 Å². The summed E-state index contributed by atoms with van der Waals surface area (Å²) in [4.78, 5) is 12.5. The van der Waals surface area contributed by atoms with Gasteiger partial charge in [-0.25, -0.2) is 0 Å². The lowest BCUT2D eigenvalue weighted by atomic mass is 10.2. The Labute approximate surface area is 117 Å². The van der Waals surface area contributed by atoms with Crippen molar-refractivity contribution in [2.45, 2.75) is 32.2 Å². The maximum atomic E-state index is 11.4. The number of thiophene rings is 1. The fourth-order valence-electron chi connectivity index (χ4n) is 1.26. The Bertz CT molecular complexity index is 342. The molecule has 0 aromatic carbocycles. The van der Waals surface area contributed by atoms with Crippen LogP contribution in [-0.4, -0.2) is 18.5 Å². The lowest BCUT2D eigenvalue weighted by Crippen LogP contribution is -2.27. The highest BCUT2D eigenvalue weighted by atomic mass is 35.5. The van der Waals surface area contributed by atoms with Gasteiger partial charge >= 0.3 is 0 Å². The first-order valence-electron chi connectivity index (χ1n) is 5.34. The average molecular weight is 297 g/mol. The molecule has 1 amide bonds. The fraction of sp³-hybridized carbons (Fsp3) is 0.545. The summed E-state index contributed by atoms with van der Waals surface area (Å²) in [5.41, 5.74) is 5.57. The third kappa shape index (κ3) is 7.60. The van der Waals surface area contributed by atoms with Crippen molar-refractivity contribution < 1.29 is 4.79 Å². The predicted molar refractivity (Wildman–Crippen MR) is 76.2 cm³/mol. The van der Waals surface area contributed by atoms with Crippen molar-refractivity contribution in [3.8, 4) is 0 Å². The molecule has 1 aromatic rings. The summed E-state index contributed by atoms with van der Waals surface area (Å²) >= 11 is 7.36. The van der Waals surface area contributed by atoms with Crippen LogP contribution < -0.4 is 11.1 Å². The van der Waals surface area contributed by atoms with Gasteiger partial charge in [0.25, 0.3) is 0 Å². The third-order valence-electron chi connectivity index (χ3n) is 2.15. The zero-order chi connectivity index (χ0) is 12.0. The first-order valence-corrected chi connectivity index (χ1v) is 6.54. The number of halogens is 2. The van der Waals surface area contributed by atoms with E-state index in [1.54, 1.807) is 11.3 Å². The van der Waals surface area contributed by atoms with Crippen molar-refractivity contribution in [1.82, 2.24) is 5.32 Å². The van der Waals surface area contributed by atoms with Gasteiger partial charge in [-0.3, -0.25) is 4.79 Å². The van der Waals surface area contributed by atoms with Crippen molar-refractivity contribution in [1.29, 1.82) is 0 Å². The molecule has 0 saturated heterocycles. The van der Waals surface area contributed by atoms with E-state index in [4.69, 9.17) is 17.3 Å². The molecule has 1 heterocycles. The molecule has 1 unspecified atom stereocenters. The summed E-state index contributed by atoms with van der Waals surface area (Å²) in [6.07, 6.45) is 2.07. The first kappa shape index (κ1) is 16.7. The standard InChI is InChI=1S/C11H17ClN2OS.ClH/c1-8(13)2-5-11(15)14-7-6-9-3-4-10(12)16-9;/h3-4,8H,2,5-7,13H2,1H3,(H,14,15);1H. The highest BCUT2D eigenvalue weighted by Gasteiger charge is 2.03. The number of rotatable bonds is 6. The molecule has 0 aliphatic rings. The van der Waals surface area contributed by atoms with Crippen LogP contribution in [0.3, 0.4) is 0 Å². The zero-order valence-corrected chi connectivity index (χ0v) is 12.1. The number of nitrogens with two attached hydrogens (primary N) is 1. The van der Waals surface area contributed by atoms with E-state index in [0.717, 1.165) is 17.2 Å². The summed E-state index contributed by atoms with van der Waals surface area (Å²) in [6, 6.07) is 3.95. The van der Waals surface area contributed by atoms with Crippen molar-refractivity contribution in [3.63, 3.8) is 0 Å². The predicted octanol–water partition coefficient (Wildman–Crippen LogP) is 2.61. The fourth-order valence-corrected chi connectivity index (χ4v) is 2.35. The lowest BCUT2D eigenvalue weighted by molar-refractivity contribution is -0.121. The SMILES string of the molecule is CC(N)CCC(=O)NCCc1ccc(Cl)s1.Cl. The minimum atomic E-state index is 0. The smallest absolute Gasteiger partial charge is 0.220 e. The van der Waals surface area contributed by atoms with Crippen LogP contribution in [0.15, 0.2) is 12.1 Å². The summed E-state index contributed by atoms with van der Waals surface area (Å²) in [5, 5.41) is 2.86. The molecule has 17 heavy (non-hydrogen) atoms. The monoisotopic (exact) mass is 296 g/mol. The van der Waals surface area contributed by atoms with E-state index in [-0.39, 0.29) is 24.4 Å². The first-order chi connectivity index (χ1) is 7.58. The molecular formula is C11H18Cl2N2OS.